The molecule has 14 N–H and O–H groups in total. The number of rotatable bonds is 7. The molecule has 0 aromatic heterocycles. The molecular weight excluding hydrogens is 1890 g/mol. The van der Waals surface area contributed by atoms with E-state index in [0.717, 1.165) is 93.8 Å². The van der Waals surface area contributed by atoms with E-state index in [1.54, 1.807) is 34.6 Å². The Morgan fingerprint density at radius 2 is 0.747 bits per heavy atom. The molecule has 0 aromatic carbocycles. The lowest BCUT2D eigenvalue weighted by Crippen LogP contribution is -2.53. The summed E-state index contributed by atoms with van der Waals surface area (Å²) in [5.74, 6) is 1.04. The molecule has 146 heavy (non-hydrogen) atoms. The third kappa shape index (κ3) is 46.1. The van der Waals surface area contributed by atoms with Crippen LogP contribution in [0, 0.1) is 154 Å². The average molecular weight is 2120 g/mol. The Balaban J connectivity index is 0.000000532. The number of halogens is 15. The second kappa shape index (κ2) is 61.5. The Bertz CT molecular complexity index is 3230. The number of ether oxygens (including phenoxy) is 1. The molecule has 14 saturated heterocycles. The molecule has 1 aliphatic carbocycles. The molecule has 15 rings (SSSR count). The van der Waals surface area contributed by atoms with Crippen molar-refractivity contribution in [2.75, 3.05) is 190 Å². The van der Waals surface area contributed by atoms with E-state index >= 15 is 0 Å². The van der Waals surface area contributed by atoms with E-state index in [9.17, 15) is 65.9 Å². The zero-order valence-electron chi connectivity index (χ0n) is 99.8. The van der Waals surface area contributed by atoms with Crippen molar-refractivity contribution in [2.45, 2.75) is 400 Å². The van der Waals surface area contributed by atoms with Crippen LogP contribution < -0.4 is 74.4 Å². The highest BCUT2D eigenvalue weighted by atomic mass is 19.4. The van der Waals surface area contributed by atoms with Gasteiger partial charge in [0.15, 0.2) is 0 Å². The maximum Gasteiger partial charge on any atom is 0.396 e. The van der Waals surface area contributed by atoms with Gasteiger partial charge in [-0.3, -0.25) is 0 Å². The highest BCUT2D eigenvalue weighted by Crippen LogP contribution is 2.59. The summed E-state index contributed by atoms with van der Waals surface area (Å²) >= 11 is 0. The number of hydrogen-bond donors (Lipinski definition) is 14. The fourth-order valence-electron chi connectivity index (χ4n) is 23.0. The van der Waals surface area contributed by atoms with Crippen LogP contribution in [0.3, 0.4) is 0 Å². The van der Waals surface area contributed by atoms with Crippen LogP contribution in [0.25, 0.3) is 0 Å². The highest BCUT2D eigenvalue weighted by molar-refractivity contribution is 5.09. The number of morpholine rings is 1. The third-order valence-corrected chi connectivity index (χ3v) is 36.0. The second-order valence-corrected chi connectivity index (χ2v) is 55.9. The molecule has 13 atom stereocenters. The van der Waals surface area contributed by atoms with Gasteiger partial charge in [0.2, 0.25) is 0 Å². The molecule has 14 heterocycles. The monoisotopic (exact) mass is 2120 g/mol. The number of fused-ring (bicyclic) bond motifs is 1. The van der Waals surface area contributed by atoms with Crippen LogP contribution >= 0.6 is 0 Å². The van der Waals surface area contributed by atoms with Gasteiger partial charge in [0.25, 0.3) is 11.8 Å². The Labute approximate surface area is 884 Å². The van der Waals surface area contributed by atoms with Crippen molar-refractivity contribution in [1.29, 1.82) is 0 Å². The van der Waals surface area contributed by atoms with Gasteiger partial charge in [0, 0.05) is 89.1 Å². The van der Waals surface area contributed by atoms with Gasteiger partial charge in [-0.25, -0.2) is 39.5 Å². The summed E-state index contributed by atoms with van der Waals surface area (Å²) in [5.41, 5.74) is -3.06. The predicted molar refractivity (Wildman–Crippen MR) is 587 cm³/mol. The lowest BCUT2D eigenvalue weighted by atomic mass is 9.61. The lowest BCUT2D eigenvalue weighted by Gasteiger charge is -2.48. The van der Waals surface area contributed by atoms with Crippen LogP contribution in [-0.4, -0.2) is 250 Å². The molecule has 1 saturated carbocycles. The van der Waals surface area contributed by atoms with Crippen LogP contribution in [0.4, 0.5) is 65.9 Å². The summed E-state index contributed by atoms with van der Waals surface area (Å²) in [5, 5.41) is 43.4. The minimum absolute atomic E-state index is 0.0741. The molecule has 15 nitrogen and oxygen atoms in total. The fraction of sp³-hybridized carbons (Fsp3) is 1.00. The minimum Gasteiger partial charge on any atom is -0.375 e. The van der Waals surface area contributed by atoms with Gasteiger partial charge in [0.05, 0.1) is 36.6 Å². The Morgan fingerprint density at radius 1 is 0.308 bits per heavy atom. The van der Waals surface area contributed by atoms with Gasteiger partial charge < -0.3 is 79.2 Å². The first kappa shape index (κ1) is 140. The van der Waals surface area contributed by atoms with Gasteiger partial charge in [0.1, 0.15) is 29.9 Å². The standard InChI is InChI=1S/C10H18F3N.C10H21N.C9H17F2N.C9H18FN.C9H17N.C9H19N.C8H14F3N.C8H15F2N.C8H17NO.C8H17N.C7H13F2N.2C7H14FN.C7H15N/c1-8(2,3)9(10(11,12)13)4-6-14-7-5-9;1-9(2,3)10(4)5-7-11-8-6-10;1-8(2,3)7-4-5-12-6-9(7,10)11;1-8(2,3)9(10)4-6-11-7-5-9;1-9(2,3)8-6-4-10-5-7(6)8;1-9(2,3)8-4-6-10-7-5-8;1-6(2)7(8(9,10)11)3-4-12-5-7;1-5(2)8-6(9)3-11-4-7(8)10;1-8(2,3)7-6-9-4-5-10-7;1-7(2)8(3)4-5-9-6-8;1-5(2)6-3-10-4-7(6,8)9;1-5(2)6-3-9-4-7(6)8;1-6(2)7(8)3-4-9-5-7;1-6(2)7-3-4-8-5-7/h14H,4-7H2,1-3H3;11H,5-8H2,1-4H3;7,12H,4-6H2,1-3H3;11H,4-7H2,1-3H3;6-8,10H,4-5H2,1-3H3;8,10H,4-7H2,1-3H3;6,12H,3-5H2,1-2H3;5-8,11H,3-4H2,1-2H3;7,9H,4-6H2,1-3H3;7,9H,4-6H2,1-3H3;5-6,10H,3-4H2,1-2H3;5-7,9H,3-4H2,1-2H3;6,9H,3-5H2,1-2H3;6-8H,3-5H2,1-2H3. The summed E-state index contributed by atoms with van der Waals surface area (Å²) in [7, 11) is 0. The summed E-state index contributed by atoms with van der Waals surface area (Å²) in [4.78, 5) is 0. The van der Waals surface area contributed by atoms with Crippen LogP contribution in [0.1, 0.15) is 340 Å². The van der Waals surface area contributed by atoms with Gasteiger partial charge in [-0.05, 0) is 308 Å². The van der Waals surface area contributed by atoms with E-state index in [-0.39, 0.29) is 84.7 Å². The molecule has 0 amide bonds. The van der Waals surface area contributed by atoms with Crippen molar-refractivity contribution >= 4 is 0 Å². The van der Waals surface area contributed by atoms with Crippen molar-refractivity contribution in [2.24, 2.45) is 154 Å². The molecule has 13 unspecified atom stereocenters. The molecule has 15 fully saturated rings. The van der Waals surface area contributed by atoms with Gasteiger partial charge >= 0.3 is 12.4 Å². The normalized spacial score (nSPS) is 31.2. The predicted octanol–water partition coefficient (Wildman–Crippen LogP) is 25.0. The van der Waals surface area contributed by atoms with E-state index in [0.29, 0.717) is 117 Å². The number of hydrogen-bond acceptors (Lipinski definition) is 15. The number of nitrogens with one attached hydrogen (secondary N) is 14. The van der Waals surface area contributed by atoms with Crippen molar-refractivity contribution < 1.29 is 70.6 Å². The van der Waals surface area contributed by atoms with Crippen LogP contribution in [0.15, 0.2) is 0 Å². The molecule has 0 bridgehead atoms. The number of alkyl halides is 15. The minimum atomic E-state index is -4.09. The molecule has 30 heteroatoms. The van der Waals surface area contributed by atoms with Crippen LogP contribution in [-0.2, 0) is 4.74 Å². The highest BCUT2D eigenvalue weighted by Gasteiger charge is 2.62. The topological polar surface area (TPSA) is 178 Å². The van der Waals surface area contributed by atoms with E-state index < -0.39 is 88.0 Å². The molecule has 15 aliphatic rings. The van der Waals surface area contributed by atoms with Gasteiger partial charge in [-0.1, -0.05) is 256 Å². The van der Waals surface area contributed by atoms with E-state index in [1.807, 2.05) is 83.1 Å². The Hall–Kier alpha value is -1.65. The molecule has 14 aliphatic heterocycles. The summed E-state index contributed by atoms with van der Waals surface area (Å²) < 4.78 is 201. The maximum absolute atomic E-state index is 14.0. The SMILES string of the molecule is CC(C)(C)C1(C(F)(F)F)CCNCC1.CC(C)(C)C1(C)CCNCC1.CC(C)(C)C1(F)CCNCC1.CC(C)(C)C1C2CNCC21.CC(C)(C)C1CCNCC1.CC(C)(C)C1CCNCC1(F)F.CC(C)(C)C1CNCCO1.CC(C)C1(C(F)(F)F)CCNC1.CC(C)C1(C)CCNC1.CC(C)C1(F)CCNC1.CC(C)C1C(F)CNCC1F.CC(C)C1CCNC1.CC(C)C1CNCC1(F)F.CC(C)C1CNCC1F. The van der Waals surface area contributed by atoms with Crippen molar-refractivity contribution in [3.63, 3.8) is 0 Å². The smallest absolute Gasteiger partial charge is 0.375 e. The quantitative estimate of drug-likeness (QED) is 0.108. The van der Waals surface area contributed by atoms with Gasteiger partial charge in [-0.2, -0.15) is 26.3 Å². The summed E-state index contributed by atoms with van der Waals surface area (Å²) in [6.45, 7) is 100.0. The second-order valence-electron chi connectivity index (χ2n) is 55.9. The molecule has 0 radical (unpaired) electrons. The van der Waals surface area contributed by atoms with E-state index in [2.05, 4.69) is 213 Å². The summed E-state index contributed by atoms with van der Waals surface area (Å²) in [6.07, 6.45) is 0.923. The number of piperidine rings is 7. The molecule has 874 valence electrons. The molecule has 0 aromatic rings. The molecule has 0 spiro atoms. The van der Waals surface area contributed by atoms with Crippen molar-refractivity contribution in [1.82, 2.24) is 74.4 Å². The van der Waals surface area contributed by atoms with Crippen molar-refractivity contribution in [3.05, 3.63) is 0 Å². The van der Waals surface area contributed by atoms with Gasteiger partial charge in [-0.15, -0.1) is 0 Å². The average Bonchev–Trinajstić information content (AvgIpc) is 1.55. The largest absolute Gasteiger partial charge is 0.396 e. The Morgan fingerprint density at radius 3 is 0.986 bits per heavy atom. The Kier molecular flexibility index (Phi) is 59.1. The summed E-state index contributed by atoms with van der Waals surface area (Å²) in [6, 6.07) is 0. The van der Waals surface area contributed by atoms with E-state index in [4.69, 9.17) is 4.74 Å². The first-order valence-electron chi connectivity index (χ1n) is 57.4. The van der Waals surface area contributed by atoms with Crippen LogP contribution in [0.5, 0.6) is 0 Å². The van der Waals surface area contributed by atoms with E-state index in [1.165, 1.54) is 104 Å². The first-order chi connectivity index (χ1) is 66.7. The third-order valence-electron chi connectivity index (χ3n) is 36.0. The zero-order valence-corrected chi connectivity index (χ0v) is 99.8. The van der Waals surface area contributed by atoms with Crippen molar-refractivity contribution in [3.8, 4) is 0 Å². The molecular formula is C116H229F15N14O. The fourth-order valence-corrected chi connectivity index (χ4v) is 23.0. The maximum atomic E-state index is 14.0. The lowest BCUT2D eigenvalue weighted by molar-refractivity contribution is -0.266. The van der Waals surface area contributed by atoms with Crippen LogP contribution in [0.2, 0.25) is 0 Å². The first-order valence-corrected chi connectivity index (χ1v) is 57.4. The zero-order chi connectivity index (χ0) is 112.